The molecule has 3 rings (SSSR count). The fourth-order valence-electron chi connectivity index (χ4n) is 2.60. The third-order valence-electron chi connectivity index (χ3n) is 3.49. The Kier molecular flexibility index (Phi) is 3.28. The van der Waals surface area contributed by atoms with E-state index in [0.717, 1.165) is 35.4 Å². The second-order valence-corrected chi connectivity index (χ2v) is 4.83. The first kappa shape index (κ1) is 13.1. The molecule has 21 heavy (non-hydrogen) atoms. The Bertz CT molecular complexity index is 762. The van der Waals surface area contributed by atoms with Crippen molar-refractivity contribution >= 4 is 17.6 Å². The molecule has 0 atom stereocenters. The van der Waals surface area contributed by atoms with Gasteiger partial charge in [0.15, 0.2) is 0 Å². The van der Waals surface area contributed by atoms with E-state index < -0.39 is 11.9 Å². The summed E-state index contributed by atoms with van der Waals surface area (Å²) in [5.41, 5.74) is 5.32. The number of hydrogen-bond acceptors (Lipinski definition) is 2. The van der Waals surface area contributed by atoms with E-state index in [9.17, 15) is 9.59 Å². The van der Waals surface area contributed by atoms with Gasteiger partial charge in [0.25, 0.3) is 0 Å². The summed E-state index contributed by atoms with van der Waals surface area (Å²) < 4.78 is 0. The Morgan fingerprint density at radius 2 is 1.76 bits per heavy atom. The van der Waals surface area contributed by atoms with Crippen LogP contribution in [-0.4, -0.2) is 17.0 Å². The predicted octanol–water partition coefficient (Wildman–Crippen LogP) is 2.84. The molecular formula is C17H13NO3. The van der Waals surface area contributed by atoms with Crippen molar-refractivity contribution in [3.8, 4) is 11.1 Å². The third-order valence-corrected chi connectivity index (χ3v) is 3.49. The lowest BCUT2D eigenvalue weighted by Crippen LogP contribution is -2.10. The van der Waals surface area contributed by atoms with Gasteiger partial charge in [0.2, 0.25) is 5.91 Å². The molecule has 2 aromatic rings. The lowest BCUT2D eigenvalue weighted by atomic mass is 10.0. The van der Waals surface area contributed by atoms with Gasteiger partial charge in [-0.2, -0.15) is 0 Å². The van der Waals surface area contributed by atoms with Crippen molar-refractivity contribution in [2.24, 2.45) is 0 Å². The molecule has 1 aliphatic carbocycles. The molecule has 0 aliphatic heterocycles. The number of anilines is 1. The van der Waals surface area contributed by atoms with Crippen molar-refractivity contribution in [3.63, 3.8) is 0 Å². The molecule has 1 aliphatic rings. The van der Waals surface area contributed by atoms with Gasteiger partial charge in [-0.1, -0.05) is 36.4 Å². The largest absolute Gasteiger partial charge is 0.478 e. The van der Waals surface area contributed by atoms with E-state index in [4.69, 9.17) is 5.11 Å². The van der Waals surface area contributed by atoms with Crippen LogP contribution < -0.4 is 5.32 Å². The highest BCUT2D eigenvalue weighted by molar-refractivity contribution is 6.03. The number of amides is 1. The van der Waals surface area contributed by atoms with Crippen LogP contribution in [0.15, 0.2) is 54.6 Å². The summed E-state index contributed by atoms with van der Waals surface area (Å²) in [6.07, 6.45) is 2.61. The summed E-state index contributed by atoms with van der Waals surface area (Å²) in [6.45, 7) is 0. The molecule has 104 valence electrons. The highest BCUT2D eigenvalue weighted by Gasteiger charge is 2.20. The van der Waals surface area contributed by atoms with Crippen LogP contribution in [0.25, 0.3) is 11.1 Å². The van der Waals surface area contributed by atoms with Crippen molar-refractivity contribution in [2.45, 2.75) is 6.42 Å². The van der Waals surface area contributed by atoms with Crippen LogP contribution in [0.4, 0.5) is 5.69 Å². The lowest BCUT2D eigenvalue weighted by molar-refractivity contribution is -0.131. The Morgan fingerprint density at radius 3 is 2.57 bits per heavy atom. The zero-order valence-corrected chi connectivity index (χ0v) is 11.2. The van der Waals surface area contributed by atoms with E-state index in [2.05, 4.69) is 17.4 Å². The first-order valence-corrected chi connectivity index (χ1v) is 6.57. The number of nitrogens with one attached hydrogen (secondary N) is 1. The van der Waals surface area contributed by atoms with Gasteiger partial charge in [-0.3, -0.25) is 4.79 Å². The highest BCUT2D eigenvalue weighted by atomic mass is 16.4. The van der Waals surface area contributed by atoms with Crippen LogP contribution in [0, 0.1) is 0 Å². The van der Waals surface area contributed by atoms with Crippen LogP contribution in [0.1, 0.15) is 11.1 Å². The number of carbonyl (C=O) groups excluding carboxylic acids is 1. The molecule has 0 spiro atoms. The summed E-state index contributed by atoms with van der Waals surface area (Å²) in [4.78, 5) is 22.2. The molecule has 0 saturated carbocycles. The van der Waals surface area contributed by atoms with Gasteiger partial charge in [0.1, 0.15) is 0 Å². The molecule has 0 heterocycles. The first-order valence-electron chi connectivity index (χ1n) is 6.57. The first-order chi connectivity index (χ1) is 10.1. The summed E-state index contributed by atoms with van der Waals surface area (Å²) in [5, 5.41) is 11.3. The Morgan fingerprint density at radius 1 is 1.00 bits per heavy atom. The van der Waals surface area contributed by atoms with Gasteiger partial charge in [-0.25, -0.2) is 4.79 Å². The molecule has 2 aromatic carbocycles. The Hall–Kier alpha value is -2.88. The molecule has 0 unspecified atom stereocenters. The smallest absolute Gasteiger partial charge is 0.328 e. The maximum Gasteiger partial charge on any atom is 0.328 e. The number of benzene rings is 2. The molecule has 2 N–H and O–H groups in total. The van der Waals surface area contributed by atoms with Crippen LogP contribution in [0.2, 0.25) is 0 Å². The Balaban J connectivity index is 1.90. The minimum Gasteiger partial charge on any atom is -0.478 e. The molecular weight excluding hydrogens is 266 g/mol. The maximum atomic E-state index is 11.7. The van der Waals surface area contributed by atoms with Crippen molar-refractivity contribution in [1.29, 1.82) is 0 Å². The van der Waals surface area contributed by atoms with E-state index in [1.807, 2.05) is 30.3 Å². The van der Waals surface area contributed by atoms with E-state index in [-0.39, 0.29) is 0 Å². The van der Waals surface area contributed by atoms with Gasteiger partial charge < -0.3 is 10.4 Å². The highest BCUT2D eigenvalue weighted by Crippen LogP contribution is 2.39. The van der Waals surface area contributed by atoms with Crippen LogP contribution in [0.5, 0.6) is 0 Å². The van der Waals surface area contributed by atoms with Crippen molar-refractivity contribution < 1.29 is 14.7 Å². The quantitative estimate of drug-likeness (QED) is 0.724. The summed E-state index contributed by atoms with van der Waals surface area (Å²) in [7, 11) is 0. The molecule has 4 nitrogen and oxygen atoms in total. The number of rotatable bonds is 3. The second kappa shape index (κ2) is 5.25. The van der Waals surface area contributed by atoms with Gasteiger partial charge >= 0.3 is 5.97 Å². The van der Waals surface area contributed by atoms with Gasteiger partial charge in [0, 0.05) is 24.3 Å². The van der Waals surface area contributed by atoms with E-state index in [1.54, 1.807) is 0 Å². The predicted molar refractivity (Wildman–Crippen MR) is 80.1 cm³/mol. The monoisotopic (exact) mass is 279 g/mol. The van der Waals surface area contributed by atoms with Crippen LogP contribution in [0.3, 0.4) is 0 Å². The molecule has 0 aromatic heterocycles. The van der Waals surface area contributed by atoms with E-state index in [0.29, 0.717) is 0 Å². The topological polar surface area (TPSA) is 66.4 Å². The third kappa shape index (κ3) is 2.56. The number of aliphatic carboxylic acids is 1. The van der Waals surface area contributed by atoms with Crippen LogP contribution in [-0.2, 0) is 16.0 Å². The SMILES string of the molecule is O=C(O)C=CC(=O)Nc1cccc2c1Cc1ccccc1-2. The summed E-state index contributed by atoms with van der Waals surface area (Å²) in [5.74, 6) is -1.59. The second-order valence-electron chi connectivity index (χ2n) is 4.83. The van der Waals surface area contributed by atoms with E-state index >= 15 is 0 Å². The number of carbonyl (C=O) groups is 2. The van der Waals surface area contributed by atoms with Crippen molar-refractivity contribution in [3.05, 3.63) is 65.7 Å². The minimum atomic E-state index is -1.14. The van der Waals surface area contributed by atoms with Gasteiger partial charge in [-0.15, -0.1) is 0 Å². The number of carboxylic acid groups (broad SMARTS) is 1. The summed E-state index contributed by atoms with van der Waals surface area (Å²) in [6, 6.07) is 13.9. The fraction of sp³-hybridized carbons (Fsp3) is 0.0588. The van der Waals surface area contributed by atoms with Gasteiger partial charge in [0.05, 0.1) is 0 Å². The molecule has 0 radical (unpaired) electrons. The molecule has 0 saturated heterocycles. The maximum absolute atomic E-state index is 11.7. The number of hydrogen-bond donors (Lipinski definition) is 2. The van der Waals surface area contributed by atoms with Crippen molar-refractivity contribution in [1.82, 2.24) is 0 Å². The molecule has 4 heteroatoms. The number of fused-ring (bicyclic) bond motifs is 3. The molecule has 0 bridgehead atoms. The molecule has 0 fully saturated rings. The average molecular weight is 279 g/mol. The van der Waals surface area contributed by atoms with Crippen LogP contribution >= 0.6 is 0 Å². The molecule has 1 amide bonds. The Labute approximate surface area is 121 Å². The minimum absolute atomic E-state index is 0.443. The number of carboxylic acids is 1. The average Bonchev–Trinajstić information content (AvgIpc) is 2.85. The summed E-state index contributed by atoms with van der Waals surface area (Å²) >= 11 is 0. The van der Waals surface area contributed by atoms with Gasteiger partial charge in [-0.05, 0) is 28.3 Å². The van der Waals surface area contributed by atoms with E-state index in [1.165, 1.54) is 11.1 Å². The lowest BCUT2D eigenvalue weighted by Gasteiger charge is -2.08. The zero-order chi connectivity index (χ0) is 14.8. The standard InChI is InChI=1S/C17H13NO3/c19-16(8-9-17(20)21)18-15-7-3-6-13-12-5-2-1-4-11(12)10-14(13)15/h1-9H,10H2,(H,18,19)(H,20,21). The zero-order valence-electron chi connectivity index (χ0n) is 11.2. The van der Waals surface area contributed by atoms with Crippen molar-refractivity contribution in [2.75, 3.05) is 5.32 Å². The normalized spacial score (nSPS) is 12.0. The fourth-order valence-corrected chi connectivity index (χ4v) is 2.60.